The molecule has 7 nitrogen and oxygen atoms in total. The second kappa shape index (κ2) is 4.58. The number of carbonyl (C=O) groups is 1. The fourth-order valence-corrected chi connectivity index (χ4v) is 1.66. The Morgan fingerprint density at radius 2 is 2.56 bits per heavy atom. The van der Waals surface area contributed by atoms with Crippen molar-refractivity contribution < 1.29 is 9.90 Å². The van der Waals surface area contributed by atoms with Crippen LogP contribution in [0.15, 0.2) is 12.4 Å². The van der Waals surface area contributed by atoms with Crippen molar-refractivity contribution >= 4 is 5.91 Å². The average Bonchev–Trinajstić information content (AvgIpc) is 2.88. The predicted octanol–water partition coefficient (Wildman–Crippen LogP) is -1.88. The summed E-state index contributed by atoms with van der Waals surface area (Å²) in [7, 11) is 0. The number of aliphatic hydroxyl groups is 1. The van der Waals surface area contributed by atoms with Gasteiger partial charge in [-0.05, 0) is 13.0 Å². The van der Waals surface area contributed by atoms with Crippen LogP contribution < -0.4 is 10.6 Å². The molecule has 7 heteroatoms. The highest BCUT2D eigenvalue weighted by Crippen LogP contribution is 2.12. The smallest absolute Gasteiger partial charge is 0.241 e. The summed E-state index contributed by atoms with van der Waals surface area (Å²) in [5.74, 6) is -0.175. The highest BCUT2D eigenvalue weighted by molar-refractivity contribution is 5.75. The van der Waals surface area contributed by atoms with Gasteiger partial charge in [-0.25, -0.2) is 4.68 Å². The first-order valence-electron chi connectivity index (χ1n) is 5.22. The van der Waals surface area contributed by atoms with E-state index in [0.29, 0.717) is 13.0 Å². The Morgan fingerprint density at radius 3 is 3.19 bits per heavy atom. The lowest BCUT2D eigenvalue weighted by Crippen LogP contribution is -2.45. The lowest BCUT2D eigenvalue weighted by molar-refractivity contribution is -0.123. The Bertz CT molecular complexity index is 345. The molecular formula is C9H15N5O2. The van der Waals surface area contributed by atoms with Crippen molar-refractivity contribution in [1.29, 1.82) is 0 Å². The minimum absolute atomic E-state index is 0.128. The summed E-state index contributed by atoms with van der Waals surface area (Å²) in [6.07, 6.45) is 3.80. The number of hydrogen-bond donors (Lipinski definition) is 3. The molecule has 1 aromatic heterocycles. The number of carbonyl (C=O) groups excluding carboxylic acids is 1. The van der Waals surface area contributed by atoms with Gasteiger partial charge in [0.25, 0.3) is 0 Å². The van der Waals surface area contributed by atoms with Crippen molar-refractivity contribution in [3.8, 4) is 0 Å². The molecule has 0 aromatic carbocycles. The topological polar surface area (TPSA) is 92.1 Å². The molecule has 3 N–H and O–H groups in total. The van der Waals surface area contributed by atoms with Crippen molar-refractivity contribution in [2.45, 2.75) is 18.6 Å². The number of hydrogen-bond acceptors (Lipinski definition) is 5. The van der Waals surface area contributed by atoms with Gasteiger partial charge in [0.2, 0.25) is 5.91 Å². The number of amides is 1. The van der Waals surface area contributed by atoms with E-state index in [0.717, 1.165) is 6.54 Å². The van der Waals surface area contributed by atoms with Gasteiger partial charge in [-0.15, -0.1) is 5.10 Å². The predicted molar refractivity (Wildman–Crippen MR) is 55.5 cm³/mol. The molecule has 2 rings (SSSR count). The second-order valence-electron chi connectivity index (χ2n) is 4.03. The highest BCUT2D eigenvalue weighted by atomic mass is 16.3. The highest BCUT2D eigenvalue weighted by Gasteiger charge is 2.31. The summed E-state index contributed by atoms with van der Waals surface area (Å²) >= 11 is 0. The molecule has 1 unspecified atom stereocenters. The summed E-state index contributed by atoms with van der Waals surface area (Å²) in [5.41, 5.74) is -0.808. The fourth-order valence-electron chi connectivity index (χ4n) is 1.66. The maximum absolute atomic E-state index is 11.5. The molecule has 1 aliphatic heterocycles. The summed E-state index contributed by atoms with van der Waals surface area (Å²) in [6, 6.07) is 0. The van der Waals surface area contributed by atoms with Crippen LogP contribution in [0.25, 0.3) is 0 Å². The van der Waals surface area contributed by atoms with Gasteiger partial charge in [-0.3, -0.25) is 4.79 Å². The van der Waals surface area contributed by atoms with Crippen LogP contribution in [-0.4, -0.2) is 51.2 Å². The van der Waals surface area contributed by atoms with Gasteiger partial charge in [-0.1, -0.05) is 5.21 Å². The molecule has 88 valence electrons. The van der Waals surface area contributed by atoms with Crippen LogP contribution in [0.1, 0.15) is 6.42 Å². The minimum Gasteiger partial charge on any atom is -0.387 e. The first-order chi connectivity index (χ1) is 7.68. The van der Waals surface area contributed by atoms with Gasteiger partial charge >= 0.3 is 0 Å². The van der Waals surface area contributed by atoms with Gasteiger partial charge in [-0.2, -0.15) is 0 Å². The van der Waals surface area contributed by atoms with Crippen LogP contribution in [0.2, 0.25) is 0 Å². The second-order valence-corrected chi connectivity index (χ2v) is 4.03. The van der Waals surface area contributed by atoms with E-state index in [-0.39, 0.29) is 19.0 Å². The quantitative estimate of drug-likeness (QED) is 0.557. The molecule has 1 aromatic rings. The molecule has 0 aliphatic carbocycles. The normalized spacial score (nSPS) is 24.6. The van der Waals surface area contributed by atoms with E-state index < -0.39 is 5.60 Å². The third-order valence-electron chi connectivity index (χ3n) is 2.61. The van der Waals surface area contributed by atoms with Crippen LogP contribution in [0.3, 0.4) is 0 Å². The van der Waals surface area contributed by atoms with E-state index in [1.54, 1.807) is 6.20 Å². The largest absolute Gasteiger partial charge is 0.387 e. The minimum atomic E-state index is -0.808. The van der Waals surface area contributed by atoms with E-state index in [1.807, 2.05) is 0 Å². The molecule has 0 saturated carbocycles. The van der Waals surface area contributed by atoms with Crippen LogP contribution in [0.4, 0.5) is 0 Å². The molecule has 1 amide bonds. The van der Waals surface area contributed by atoms with Crippen molar-refractivity contribution in [2.24, 2.45) is 0 Å². The van der Waals surface area contributed by atoms with Crippen LogP contribution >= 0.6 is 0 Å². The molecule has 0 spiro atoms. The van der Waals surface area contributed by atoms with Gasteiger partial charge in [0, 0.05) is 19.3 Å². The molecular weight excluding hydrogens is 210 g/mol. The first-order valence-corrected chi connectivity index (χ1v) is 5.22. The monoisotopic (exact) mass is 225 g/mol. The molecule has 1 saturated heterocycles. The molecule has 1 aliphatic rings. The van der Waals surface area contributed by atoms with Gasteiger partial charge < -0.3 is 15.7 Å². The van der Waals surface area contributed by atoms with Gasteiger partial charge in [0.15, 0.2) is 0 Å². The summed E-state index contributed by atoms with van der Waals surface area (Å²) in [6.45, 7) is 1.71. The molecule has 2 heterocycles. The lowest BCUT2D eigenvalue weighted by Gasteiger charge is -2.21. The zero-order valence-corrected chi connectivity index (χ0v) is 8.89. The maximum atomic E-state index is 11.5. The van der Waals surface area contributed by atoms with E-state index in [4.69, 9.17) is 0 Å². The molecule has 16 heavy (non-hydrogen) atoms. The van der Waals surface area contributed by atoms with Crippen molar-refractivity contribution in [2.75, 3.05) is 19.6 Å². The van der Waals surface area contributed by atoms with E-state index in [2.05, 4.69) is 20.9 Å². The third-order valence-corrected chi connectivity index (χ3v) is 2.61. The third kappa shape index (κ3) is 2.77. The Morgan fingerprint density at radius 1 is 1.69 bits per heavy atom. The summed E-state index contributed by atoms with van der Waals surface area (Å²) in [5, 5.41) is 23.0. The van der Waals surface area contributed by atoms with E-state index >= 15 is 0 Å². The van der Waals surface area contributed by atoms with E-state index in [1.165, 1.54) is 10.9 Å². The van der Waals surface area contributed by atoms with Crippen LogP contribution in [0.5, 0.6) is 0 Å². The Kier molecular flexibility index (Phi) is 3.16. The van der Waals surface area contributed by atoms with Gasteiger partial charge in [0.1, 0.15) is 6.54 Å². The number of nitrogens with zero attached hydrogens (tertiary/aromatic N) is 3. The van der Waals surface area contributed by atoms with Crippen molar-refractivity contribution in [3.05, 3.63) is 12.4 Å². The summed E-state index contributed by atoms with van der Waals surface area (Å²) < 4.78 is 1.44. The first kappa shape index (κ1) is 11.0. The number of β-amino-alcohol motifs (C(OH)–C–C–N with tert-alkyl or cyclic N) is 1. The van der Waals surface area contributed by atoms with Gasteiger partial charge in [0.05, 0.1) is 11.8 Å². The number of rotatable bonds is 4. The average molecular weight is 225 g/mol. The standard InChI is InChI=1S/C9H15N5O2/c15-8(5-14-4-3-12-13-14)11-7-9(16)1-2-10-6-9/h3-4,10,16H,1-2,5-7H2,(H,11,15). The van der Waals surface area contributed by atoms with Crippen LogP contribution in [0, 0.1) is 0 Å². The molecule has 1 atom stereocenters. The Balaban J connectivity index is 1.75. The maximum Gasteiger partial charge on any atom is 0.241 e. The van der Waals surface area contributed by atoms with Crippen molar-refractivity contribution in [1.82, 2.24) is 25.6 Å². The zero-order valence-electron chi connectivity index (χ0n) is 8.89. The number of nitrogens with one attached hydrogen (secondary N) is 2. The van der Waals surface area contributed by atoms with Crippen molar-refractivity contribution in [3.63, 3.8) is 0 Å². The zero-order chi connectivity index (χ0) is 11.4. The fraction of sp³-hybridized carbons (Fsp3) is 0.667. The summed E-state index contributed by atoms with van der Waals surface area (Å²) in [4.78, 5) is 11.5. The molecule has 0 bridgehead atoms. The molecule has 1 fully saturated rings. The van der Waals surface area contributed by atoms with Crippen LogP contribution in [-0.2, 0) is 11.3 Å². The molecule has 0 radical (unpaired) electrons. The SMILES string of the molecule is O=C(Cn1ccnn1)NCC1(O)CCNC1. The lowest BCUT2D eigenvalue weighted by atomic mass is 10.0. The Labute approximate surface area is 92.8 Å². The van der Waals surface area contributed by atoms with E-state index in [9.17, 15) is 9.90 Å². The number of aromatic nitrogens is 3. The Hall–Kier alpha value is -1.47.